The van der Waals surface area contributed by atoms with Crippen molar-refractivity contribution in [3.8, 4) is 0 Å². The molecule has 0 saturated heterocycles. The van der Waals surface area contributed by atoms with Crippen molar-refractivity contribution < 1.29 is 0 Å². The minimum Gasteiger partial charge on any atom is -0.335 e. The number of aromatic nitrogens is 2. The van der Waals surface area contributed by atoms with Gasteiger partial charge in [0, 0.05) is 30.4 Å². The molecule has 1 heterocycles. The Hall–Kier alpha value is -0.830. The number of hydrogen-bond donors (Lipinski definition) is 1. The van der Waals surface area contributed by atoms with Crippen LogP contribution in [0.2, 0.25) is 0 Å². The van der Waals surface area contributed by atoms with Gasteiger partial charge in [-0.1, -0.05) is 27.2 Å². The van der Waals surface area contributed by atoms with E-state index in [9.17, 15) is 0 Å². The first-order valence-corrected chi connectivity index (χ1v) is 7.24. The number of nitrogens with two attached hydrogens (primary N) is 1. The largest absolute Gasteiger partial charge is 0.335 e. The Balaban J connectivity index is 2.25. The predicted molar refractivity (Wildman–Crippen MR) is 75.4 cm³/mol. The van der Waals surface area contributed by atoms with E-state index in [1.807, 2.05) is 6.20 Å². The third-order valence-corrected chi connectivity index (χ3v) is 4.72. The van der Waals surface area contributed by atoms with Crippen LogP contribution in [-0.4, -0.2) is 15.6 Å². The number of imidazole rings is 1. The van der Waals surface area contributed by atoms with Crippen LogP contribution >= 0.6 is 0 Å². The van der Waals surface area contributed by atoms with Gasteiger partial charge in [0.2, 0.25) is 0 Å². The van der Waals surface area contributed by atoms with Crippen LogP contribution in [0.5, 0.6) is 0 Å². The zero-order chi connectivity index (χ0) is 13.3. The van der Waals surface area contributed by atoms with Gasteiger partial charge in [-0.25, -0.2) is 4.98 Å². The SMILES string of the molecule is CCn1ccnc1C(C)(C)C1CCC(C)CC1N. The molecule has 0 amide bonds. The van der Waals surface area contributed by atoms with E-state index in [1.54, 1.807) is 0 Å². The summed E-state index contributed by atoms with van der Waals surface area (Å²) < 4.78 is 2.25. The highest BCUT2D eigenvalue weighted by atomic mass is 15.1. The summed E-state index contributed by atoms with van der Waals surface area (Å²) in [5.41, 5.74) is 6.48. The maximum atomic E-state index is 6.42. The van der Waals surface area contributed by atoms with Crippen molar-refractivity contribution in [3.63, 3.8) is 0 Å². The lowest BCUT2D eigenvalue weighted by Crippen LogP contribution is -2.46. The summed E-state index contributed by atoms with van der Waals surface area (Å²) in [7, 11) is 0. The van der Waals surface area contributed by atoms with Gasteiger partial charge in [0.25, 0.3) is 0 Å². The number of rotatable bonds is 3. The van der Waals surface area contributed by atoms with Crippen molar-refractivity contribution in [2.24, 2.45) is 17.6 Å². The third-order valence-electron chi connectivity index (χ3n) is 4.72. The number of aryl methyl sites for hydroxylation is 1. The minimum atomic E-state index is 0.0685. The first kappa shape index (κ1) is 13.6. The van der Waals surface area contributed by atoms with Crippen LogP contribution in [0.25, 0.3) is 0 Å². The smallest absolute Gasteiger partial charge is 0.114 e. The van der Waals surface area contributed by atoms with Gasteiger partial charge in [-0.05, 0) is 31.6 Å². The van der Waals surface area contributed by atoms with Gasteiger partial charge in [0.15, 0.2) is 0 Å². The first-order chi connectivity index (χ1) is 8.46. The molecule has 0 aliphatic heterocycles. The molecule has 2 N–H and O–H groups in total. The molecule has 1 fully saturated rings. The molecule has 1 aromatic heterocycles. The zero-order valence-corrected chi connectivity index (χ0v) is 12.2. The van der Waals surface area contributed by atoms with E-state index in [0.717, 1.165) is 18.9 Å². The van der Waals surface area contributed by atoms with Crippen molar-refractivity contribution in [1.29, 1.82) is 0 Å². The van der Waals surface area contributed by atoms with Crippen LogP contribution in [0, 0.1) is 11.8 Å². The standard InChI is InChI=1S/C15H27N3/c1-5-18-9-8-17-14(18)15(3,4)12-7-6-11(2)10-13(12)16/h8-9,11-13H,5-7,10,16H2,1-4H3. The fourth-order valence-electron chi connectivity index (χ4n) is 3.61. The summed E-state index contributed by atoms with van der Waals surface area (Å²) in [6, 6.07) is 0.311. The van der Waals surface area contributed by atoms with Gasteiger partial charge in [-0.3, -0.25) is 0 Å². The summed E-state index contributed by atoms with van der Waals surface area (Å²) in [5, 5.41) is 0. The van der Waals surface area contributed by atoms with Crippen molar-refractivity contribution in [2.45, 2.75) is 65.0 Å². The van der Waals surface area contributed by atoms with Crippen LogP contribution in [0.3, 0.4) is 0 Å². The van der Waals surface area contributed by atoms with Gasteiger partial charge in [0.05, 0.1) is 0 Å². The minimum absolute atomic E-state index is 0.0685. The van der Waals surface area contributed by atoms with Crippen molar-refractivity contribution >= 4 is 0 Å². The van der Waals surface area contributed by atoms with E-state index >= 15 is 0 Å². The summed E-state index contributed by atoms with van der Waals surface area (Å²) in [4.78, 5) is 4.59. The summed E-state index contributed by atoms with van der Waals surface area (Å²) in [6.45, 7) is 10.1. The Morgan fingerprint density at radius 3 is 2.78 bits per heavy atom. The molecule has 102 valence electrons. The van der Waals surface area contributed by atoms with E-state index in [0.29, 0.717) is 12.0 Å². The highest BCUT2D eigenvalue weighted by molar-refractivity contribution is 5.12. The third kappa shape index (κ3) is 2.33. The van der Waals surface area contributed by atoms with Crippen LogP contribution in [-0.2, 0) is 12.0 Å². The molecular formula is C15H27N3. The fourth-order valence-corrected chi connectivity index (χ4v) is 3.61. The molecule has 0 radical (unpaired) electrons. The summed E-state index contributed by atoms with van der Waals surface area (Å²) in [5.74, 6) is 2.51. The molecule has 18 heavy (non-hydrogen) atoms. The second-order valence-corrected chi connectivity index (χ2v) is 6.45. The maximum Gasteiger partial charge on any atom is 0.114 e. The molecule has 0 bridgehead atoms. The van der Waals surface area contributed by atoms with Crippen LogP contribution in [0.15, 0.2) is 12.4 Å². The van der Waals surface area contributed by atoms with Gasteiger partial charge in [0.1, 0.15) is 5.82 Å². The van der Waals surface area contributed by atoms with Crippen molar-refractivity contribution in [2.75, 3.05) is 0 Å². The molecule has 1 saturated carbocycles. The molecule has 1 aliphatic rings. The van der Waals surface area contributed by atoms with Gasteiger partial charge < -0.3 is 10.3 Å². The summed E-state index contributed by atoms with van der Waals surface area (Å²) >= 11 is 0. The van der Waals surface area contributed by atoms with Gasteiger partial charge in [-0.15, -0.1) is 0 Å². The van der Waals surface area contributed by atoms with E-state index < -0.39 is 0 Å². The number of nitrogens with zero attached hydrogens (tertiary/aromatic N) is 2. The molecule has 1 aliphatic carbocycles. The fraction of sp³-hybridized carbons (Fsp3) is 0.800. The van der Waals surface area contributed by atoms with E-state index in [-0.39, 0.29) is 5.41 Å². The molecule has 3 atom stereocenters. The number of hydrogen-bond acceptors (Lipinski definition) is 2. The van der Waals surface area contributed by atoms with E-state index in [2.05, 4.69) is 43.4 Å². The Morgan fingerprint density at radius 1 is 1.44 bits per heavy atom. The molecule has 1 aromatic rings. The highest BCUT2D eigenvalue weighted by Gasteiger charge is 2.40. The Morgan fingerprint density at radius 2 is 2.17 bits per heavy atom. The van der Waals surface area contributed by atoms with Crippen LogP contribution < -0.4 is 5.73 Å². The lowest BCUT2D eigenvalue weighted by atomic mass is 9.66. The quantitative estimate of drug-likeness (QED) is 0.895. The molecule has 0 spiro atoms. The molecule has 3 heteroatoms. The molecule has 0 aromatic carbocycles. The average molecular weight is 249 g/mol. The normalized spacial score (nSPS) is 29.5. The second-order valence-electron chi connectivity index (χ2n) is 6.45. The Labute approximate surface area is 111 Å². The molecular weight excluding hydrogens is 222 g/mol. The van der Waals surface area contributed by atoms with Crippen LogP contribution in [0.4, 0.5) is 0 Å². The Bertz CT molecular complexity index is 394. The first-order valence-electron chi connectivity index (χ1n) is 7.24. The maximum absolute atomic E-state index is 6.42. The lowest BCUT2D eigenvalue weighted by molar-refractivity contribution is 0.162. The highest BCUT2D eigenvalue weighted by Crippen LogP contribution is 2.41. The zero-order valence-electron chi connectivity index (χ0n) is 12.2. The van der Waals surface area contributed by atoms with Crippen molar-refractivity contribution in [1.82, 2.24) is 9.55 Å². The van der Waals surface area contributed by atoms with Crippen molar-refractivity contribution in [3.05, 3.63) is 18.2 Å². The molecule has 3 unspecified atom stereocenters. The average Bonchev–Trinajstić information content (AvgIpc) is 2.76. The second kappa shape index (κ2) is 5.04. The summed E-state index contributed by atoms with van der Waals surface area (Å²) in [6.07, 6.45) is 7.67. The Kier molecular flexibility index (Phi) is 3.81. The van der Waals surface area contributed by atoms with Crippen LogP contribution in [0.1, 0.15) is 52.8 Å². The van der Waals surface area contributed by atoms with Gasteiger partial charge in [-0.2, -0.15) is 0 Å². The van der Waals surface area contributed by atoms with E-state index in [1.165, 1.54) is 18.7 Å². The van der Waals surface area contributed by atoms with E-state index in [4.69, 9.17) is 5.73 Å². The topological polar surface area (TPSA) is 43.8 Å². The molecule has 3 nitrogen and oxygen atoms in total. The lowest BCUT2D eigenvalue weighted by Gasteiger charge is -2.42. The predicted octanol–water partition coefficient (Wildman–Crippen LogP) is 2.94. The van der Waals surface area contributed by atoms with Gasteiger partial charge >= 0.3 is 0 Å². The molecule has 2 rings (SSSR count). The monoisotopic (exact) mass is 249 g/mol.